The number of rotatable bonds is 4. The Kier molecular flexibility index (Phi) is 5.32. The average Bonchev–Trinajstić information content (AvgIpc) is 2.73. The highest BCUT2D eigenvalue weighted by atomic mass is 19.4. The molecule has 1 aliphatic heterocycles. The second-order valence-corrected chi connectivity index (χ2v) is 7.73. The third kappa shape index (κ3) is 4.43. The second-order valence-electron chi connectivity index (χ2n) is 7.73. The van der Waals surface area contributed by atoms with Crippen molar-refractivity contribution >= 4 is 10.9 Å². The van der Waals surface area contributed by atoms with E-state index >= 15 is 0 Å². The summed E-state index contributed by atoms with van der Waals surface area (Å²) in [7, 11) is 0. The molecule has 1 fully saturated rings. The summed E-state index contributed by atoms with van der Waals surface area (Å²) in [5.74, 6) is 0. The highest BCUT2D eigenvalue weighted by molar-refractivity contribution is 5.78. The smallest absolute Gasteiger partial charge is 0.385 e. The van der Waals surface area contributed by atoms with E-state index in [9.17, 15) is 18.3 Å². The third-order valence-electron chi connectivity index (χ3n) is 5.82. The minimum atomic E-state index is -4.36. The predicted molar refractivity (Wildman–Crippen MR) is 106 cm³/mol. The van der Waals surface area contributed by atoms with Crippen molar-refractivity contribution in [3.63, 3.8) is 0 Å². The van der Waals surface area contributed by atoms with Crippen LogP contribution in [0.2, 0.25) is 0 Å². The fraction of sp³-hybridized carbons (Fsp3) is 0.348. The summed E-state index contributed by atoms with van der Waals surface area (Å²) in [6.45, 7) is 2.31. The lowest BCUT2D eigenvalue weighted by molar-refractivity contribution is -0.137. The van der Waals surface area contributed by atoms with Crippen molar-refractivity contribution in [1.29, 1.82) is 0 Å². The minimum absolute atomic E-state index is 0.514. The Morgan fingerprint density at radius 1 is 1.00 bits per heavy atom. The van der Waals surface area contributed by atoms with E-state index in [0.29, 0.717) is 31.5 Å². The summed E-state index contributed by atoms with van der Waals surface area (Å²) in [4.78, 5) is 6.63. The largest absolute Gasteiger partial charge is 0.416 e. The normalized spacial score (nSPS) is 17.5. The standard InChI is InChI=1S/C23H23F3N2O/c24-23(25,26)20-6-4-19(5-7-20)22(29)10-14-28(15-11-22)13-9-17-3-8-21-18(16-17)2-1-12-27-21/h1-8,12,16,29H,9-11,13-15H2. The lowest BCUT2D eigenvalue weighted by Crippen LogP contribution is -2.43. The van der Waals surface area contributed by atoms with Crippen molar-refractivity contribution in [2.45, 2.75) is 31.0 Å². The van der Waals surface area contributed by atoms with Gasteiger partial charge in [-0.1, -0.05) is 24.3 Å². The molecule has 2 heterocycles. The molecule has 0 atom stereocenters. The SMILES string of the molecule is OC1(c2ccc(C(F)(F)F)cc2)CCN(CCc2ccc3ncccc3c2)CC1. The van der Waals surface area contributed by atoms with Crippen LogP contribution in [-0.4, -0.2) is 34.6 Å². The molecular weight excluding hydrogens is 377 g/mol. The molecule has 1 aromatic heterocycles. The van der Waals surface area contributed by atoms with Gasteiger partial charge in [0.1, 0.15) is 0 Å². The molecule has 6 heteroatoms. The van der Waals surface area contributed by atoms with Gasteiger partial charge in [0.2, 0.25) is 0 Å². The summed E-state index contributed by atoms with van der Waals surface area (Å²) >= 11 is 0. The van der Waals surface area contributed by atoms with E-state index in [1.165, 1.54) is 17.7 Å². The minimum Gasteiger partial charge on any atom is -0.385 e. The zero-order valence-electron chi connectivity index (χ0n) is 16.0. The summed E-state index contributed by atoms with van der Waals surface area (Å²) in [6, 6.07) is 15.2. The van der Waals surface area contributed by atoms with E-state index in [1.54, 1.807) is 6.20 Å². The Morgan fingerprint density at radius 3 is 2.41 bits per heavy atom. The molecule has 2 aromatic carbocycles. The maximum absolute atomic E-state index is 12.7. The number of fused-ring (bicyclic) bond motifs is 1. The van der Waals surface area contributed by atoms with Gasteiger partial charge in [0.15, 0.2) is 0 Å². The molecular formula is C23H23F3N2O. The summed E-state index contributed by atoms with van der Waals surface area (Å²) in [6.07, 6.45) is -0.638. The molecule has 0 saturated carbocycles. The summed E-state index contributed by atoms with van der Waals surface area (Å²) < 4.78 is 38.2. The predicted octanol–water partition coefficient (Wildman–Crippen LogP) is 4.78. The Labute approximate surface area is 167 Å². The van der Waals surface area contributed by atoms with Gasteiger partial charge in [-0.2, -0.15) is 13.2 Å². The van der Waals surface area contributed by atoms with Crippen LogP contribution in [-0.2, 0) is 18.2 Å². The van der Waals surface area contributed by atoms with Crippen molar-refractivity contribution in [3.05, 3.63) is 77.5 Å². The van der Waals surface area contributed by atoms with Gasteiger partial charge in [0, 0.05) is 31.2 Å². The molecule has 0 unspecified atom stereocenters. The van der Waals surface area contributed by atoms with Gasteiger partial charge in [0.25, 0.3) is 0 Å². The van der Waals surface area contributed by atoms with Crippen molar-refractivity contribution < 1.29 is 18.3 Å². The fourth-order valence-electron chi connectivity index (χ4n) is 3.97. The molecule has 1 N–H and O–H groups in total. The first-order valence-electron chi connectivity index (χ1n) is 9.80. The number of pyridine rings is 1. The zero-order chi connectivity index (χ0) is 20.5. The molecule has 0 bridgehead atoms. The van der Waals surface area contributed by atoms with Gasteiger partial charge in [-0.25, -0.2) is 0 Å². The summed E-state index contributed by atoms with van der Waals surface area (Å²) in [5.41, 5.74) is 1.04. The van der Waals surface area contributed by atoms with Crippen LogP contribution in [0.15, 0.2) is 60.8 Å². The molecule has 3 nitrogen and oxygen atoms in total. The number of benzene rings is 2. The lowest BCUT2D eigenvalue weighted by atomic mass is 9.84. The fourth-order valence-corrected chi connectivity index (χ4v) is 3.97. The lowest BCUT2D eigenvalue weighted by Gasteiger charge is -2.38. The van der Waals surface area contributed by atoms with Crippen LogP contribution in [0.25, 0.3) is 10.9 Å². The van der Waals surface area contributed by atoms with E-state index in [1.807, 2.05) is 12.1 Å². The Morgan fingerprint density at radius 2 is 1.72 bits per heavy atom. The van der Waals surface area contributed by atoms with E-state index in [0.717, 1.165) is 36.0 Å². The van der Waals surface area contributed by atoms with Crippen molar-refractivity contribution in [1.82, 2.24) is 9.88 Å². The van der Waals surface area contributed by atoms with Crippen LogP contribution >= 0.6 is 0 Å². The number of halogens is 3. The van der Waals surface area contributed by atoms with Crippen LogP contribution in [0.5, 0.6) is 0 Å². The first kappa shape index (κ1) is 19.9. The summed E-state index contributed by atoms with van der Waals surface area (Å²) in [5, 5.41) is 12.1. The molecule has 4 rings (SSSR count). The number of likely N-dealkylation sites (tertiary alicyclic amines) is 1. The number of aromatic nitrogens is 1. The number of nitrogens with zero attached hydrogens (tertiary/aromatic N) is 2. The molecule has 0 spiro atoms. The third-order valence-corrected chi connectivity index (χ3v) is 5.82. The molecule has 152 valence electrons. The van der Waals surface area contributed by atoms with Gasteiger partial charge >= 0.3 is 6.18 Å². The number of hydrogen-bond acceptors (Lipinski definition) is 3. The molecule has 3 aromatic rings. The topological polar surface area (TPSA) is 36.4 Å². The number of alkyl halides is 3. The van der Waals surface area contributed by atoms with E-state index in [2.05, 4.69) is 28.1 Å². The van der Waals surface area contributed by atoms with Crippen LogP contribution in [0.3, 0.4) is 0 Å². The Bertz CT molecular complexity index is 977. The first-order valence-corrected chi connectivity index (χ1v) is 9.80. The average molecular weight is 400 g/mol. The van der Waals surface area contributed by atoms with E-state index < -0.39 is 17.3 Å². The van der Waals surface area contributed by atoms with Crippen LogP contribution in [0.1, 0.15) is 29.5 Å². The van der Waals surface area contributed by atoms with E-state index in [-0.39, 0.29) is 0 Å². The number of aliphatic hydroxyl groups is 1. The van der Waals surface area contributed by atoms with Gasteiger partial charge in [-0.05, 0) is 60.7 Å². The number of hydrogen-bond donors (Lipinski definition) is 1. The Hall–Kier alpha value is -2.44. The highest BCUT2D eigenvalue weighted by Gasteiger charge is 2.35. The highest BCUT2D eigenvalue weighted by Crippen LogP contribution is 2.35. The van der Waals surface area contributed by atoms with Crippen molar-refractivity contribution in [2.75, 3.05) is 19.6 Å². The zero-order valence-corrected chi connectivity index (χ0v) is 16.0. The van der Waals surface area contributed by atoms with Crippen molar-refractivity contribution in [2.24, 2.45) is 0 Å². The van der Waals surface area contributed by atoms with Crippen LogP contribution in [0, 0.1) is 0 Å². The first-order chi connectivity index (χ1) is 13.8. The van der Waals surface area contributed by atoms with Gasteiger partial charge in [0.05, 0.1) is 16.7 Å². The maximum atomic E-state index is 12.7. The quantitative estimate of drug-likeness (QED) is 0.685. The molecule has 0 aliphatic carbocycles. The molecule has 0 amide bonds. The van der Waals surface area contributed by atoms with Gasteiger partial charge in [-0.3, -0.25) is 4.98 Å². The van der Waals surface area contributed by atoms with Gasteiger partial charge < -0.3 is 10.0 Å². The maximum Gasteiger partial charge on any atom is 0.416 e. The van der Waals surface area contributed by atoms with Crippen LogP contribution < -0.4 is 0 Å². The van der Waals surface area contributed by atoms with Crippen molar-refractivity contribution in [3.8, 4) is 0 Å². The number of piperidine rings is 1. The Balaban J connectivity index is 1.34. The monoisotopic (exact) mass is 400 g/mol. The van der Waals surface area contributed by atoms with Crippen LogP contribution in [0.4, 0.5) is 13.2 Å². The molecule has 1 aliphatic rings. The molecule has 29 heavy (non-hydrogen) atoms. The van der Waals surface area contributed by atoms with E-state index in [4.69, 9.17) is 0 Å². The molecule has 0 radical (unpaired) electrons. The second kappa shape index (κ2) is 7.76. The van der Waals surface area contributed by atoms with Gasteiger partial charge in [-0.15, -0.1) is 0 Å². The molecule has 1 saturated heterocycles.